The highest BCUT2D eigenvalue weighted by Gasteiger charge is 2.09. The zero-order valence-electron chi connectivity index (χ0n) is 16.5. The standard InChI is InChI=1S/C22H28N4O/c1-5-17(3)27-21-12-16(2)6-11-20(21)15-26-22(24-4)25-14-19-9-7-18(13-23)8-10-19/h6-12,17H,5,14-15H2,1-4H3,(H2,24,25,26). The molecule has 1 unspecified atom stereocenters. The average molecular weight is 364 g/mol. The number of hydrogen-bond donors (Lipinski definition) is 2. The van der Waals surface area contributed by atoms with Gasteiger partial charge in [-0.15, -0.1) is 0 Å². The average Bonchev–Trinajstić information content (AvgIpc) is 2.69. The molecule has 0 spiro atoms. The lowest BCUT2D eigenvalue weighted by molar-refractivity contribution is 0.215. The Balaban J connectivity index is 1.96. The molecule has 5 nitrogen and oxygen atoms in total. The van der Waals surface area contributed by atoms with E-state index in [2.05, 4.69) is 60.7 Å². The van der Waals surface area contributed by atoms with Gasteiger partial charge in [0.1, 0.15) is 5.75 Å². The summed E-state index contributed by atoms with van der Waals surface area (Å²) in [4.78, 5) is 4.28. The van der Waals surface area contributed by atoms with Gasteiger partial charge in [-0.3, -0.25) is 4.99 Å². The van der Waals surface area contributed by atoms with Crippen molar-refractivity contribution >= 4 is 5.96 Å². The highest BCUT2D eigenvalue weighted by atomic mass is 16.5. The molecule has 2 aromatic rings. The molecule has 0 heterocycles. The third kappa shape index (κ3) is 6.34. The number of aryl methyl sites for hydroxylation is 1. The van der Waals surface area contributed by atoms with Gasteiger partial charge in [-0.25, -0.2) is 0 Å². The largest absolute Gasteiger partial charge is 0.490 e. The summed E-state index contributed by atoms with van der Waals surface area (Å²) in [6, 6.07) is 15.9. The highest BCUT2D eigenvalue weighted by Crippen LogP contribution is 2.22. The topological polar surface area (TPSA) is 69.4 Å². The van der Waals surface area contributed by atoms with Gasteiger partial charge in [0.15, 0.2) is 5.96 Å². The summed E-state index contributed by atoms with van der Waals surface area (Å²) >= 11 is 0. The van der Waals surface area contributed by atoms with Gasteiger partial charge in [-0.2, -0.15) is 5.26 Å². The van der Waals surface area contributed by atoms with Crippen molar-refractivity contribution in [1.82, 2.24) is 10.6 Å². The molecule has 0 saturated heterocycles. The Bertz CT molecular complexity index is 806. The first-order chi connectivity index (χ1) is 13.0. The number of guanidine groups is 1. The first kappa shape index (κ1) is 20.3. The minimum atomic E-state index is 0.180. The predicted octanol–water partition coefficient (Wildman–Crippen LogP) is 3.91. The Kier molecular flexibility index (Phi) is 7.69. The van der Waals surface area contributed by atoms with Gasteiger partial charge in [0, 0.05) is 25.7 Å². The van der Waals surface area contributed by atoms with Crippen molar-refractivity contribution in [2.75, 3.05) is 7.05 Å². The maximum absolute atomic E-state index is 8.87. The number of benzene rings is 2. The maximum atomic E-state index is 8.87. The Labute approximate surface area is 162 Å². The summed E-state index contributed by atoms with van der Waals surface area (Å²) in [5.41, 5.74) is 4.03. The van der Waals surface area contributed by atoms with E-state index in [1.807, 2.05) is 24.3 Å². The summed E-state index contributed by atoms with van der Waals surface area (Å²) in [5.74, 6) is 1.63. The number of rotatable bonds is 7. The lowest BCUT2D eigenvalue weighted by Gasteiger charge is -2.18. The molecule has 5 heteroatoms. The molecule has 2 N–H and O–H groups in total. The molecule has 142 valence electrons. The number of nitriles is 1. The van der Waals surface area contributed by atoms with Crippen molar-refractivity contribution in [3.05, 3.63) is 64.7 Å². The van der Waals surface area contributed by atoms with Crippen LogP contribution in [0.5, 0.6) is 5.75 Å². The molecule has 0 bridgehead atoms. The van der Waals surface area contributed by atoms with Crippen molar-refractivity contribution in [2.24, 2.45) is 4.99 Å². The molecule has 2 rings (SSSR count). The minimum absolute atomic E-state index is 0.180. The Morgan fingerprint density at radius 2 is 1.85 bits per heavy atom. The number of ether oxygens (including phenoxy) is 1. The van der Waals surface area contributed by atoms with Crippen LogP contribution >= 0.6 is 0 Å². The lowest BCUT2D eigenvalue weighted by Crippen LogP contribution is -2.36. The first-order valence-electron chi connectivity index (χ1n) is 9.25. The van der Waals surface area contributed by atoms with Crippen molar-refractivity contribution in [2.45, 2.75) is 46.4 Å². The minimum Gasteiger partial charge on any atom is -0.490 e. The first-order valence-corrected chi connectivity index (χ1v) is 9.25. The zero-order chi connectivity index (χ0) is 19.6. The third-order valence-electron chi connectivity index (χ3n) is 4.34. The molecule has 0 aliphatic heterocycles. The van der Waals surface area contributed by atoms with Crippen molar-refractivity contribution in [3.63, 3.8) is 0 Å². The third-order valence-corrected chi connectivity index (χ3v) is 4.34. The number of aliphatic imine (C=N–C) groups is 1. The molecule has 27 heavy (non-hydrogen) atoms. The van der Waals surface area contributed by atoms with E-state index in [1.54, 1.807) is 7.05 Å². The van der Waals surface area contributed by atoms with E-state index in [9.17, 15) is 0 Å². The second kappa shape index (κ2) is 10.2. The number of hydrogen-bond acceptors (Lipinski definition) is 3. The summed E-state index contributed by atoms with van der Waals surface area (Å²) in [5, 5.41) is 15.5. The van der Waals surface area contributed by atoms with E-state index in [0.717, 1.165) is 29.3 Å². The van der Waals surface area contributed by atoms with Crippen LogP contribution in [0.15, 0.2) is 47.5 Å². The van der Waals surface area contributed by atoms with Crippen LogP contribution in [0.4, 0.5) is 0 Å². The van der Waals surface area contributed by atoms with Gasteiger partial charge >= 0.3 is 0 Å². The number of nitrogens with zero attached hydrogens (tertiary/aromatic N) is 2. The second-order valence-corrected chi connectivity index (χ2v) is 6.54. The van der Waals surface area contributed by atoms with Crippen molar-refractivity contribution in [1.29, 1.82) is 5.26 Å². The predicted molar refractivity (Wildman–Crippen MR) is 110 cm³/mol. The lowest BCUT2D eigenvalue weighted by atomic mass is 10.1. The summed E-state index contributed by atoms with van der Waals surface area (Å²) in [7, 11) is 1.75. The van der Waals surface area contributed by atoms with Crippen molar-refractivity contribution < 1.29 is 4.74 Å². The smallest absolute Gasteiger partial charge is 0.191 e. The van der Waals surface area contributed by atoms with E-state index >= 15 is 0 Å². The summed E-state index contributed by atoms with van der Waals surface area (Å²) < 4.78 is 6.07. The van der Waals surface area contributed by atoms with Crippen LogP contribution in [-0.4, -0.2) is 19.1 Å². The molecule has 0 fully saturated rings. The van der Waals surface area contributed by atoms with E-state index in [4.69, 9.17) is 10.00 Å². The van der Waals surface area contributed by atoms with E-state index in [1.165, 1.54) is 5.56 Å². The van der Waals surface area contributed by atoms with Crippen LogP contribution in [0.1, 0.15) is 42.5 Å². The van der Waals surface area contributed by atoms with Gasteiger partial charge in [-0.05, 0) is 49.6 Å². The van der Waals surface area contributed by atoms with Crippen molar-refractivity contribution in [3.8, 4) is 11.8 Å². The van der Waals surface area contributed by atoms with Gasteiger partial charge in [0.05, 0.1) is 17.7 Å². The monoisotopic (exact) mass is 364 g/mol. The fourth-order valence-corrected chi connectivity index (χ4v) is 2.50. The van der Waals surface area contributed by atoms with Gasteiger partial charge < -0.3 is 15.4 Å². The highest BCUT2D eigenvalue weighted by molar-refractivity contribution is 5.79. The normalized spacial score (nSPS) is 12.2. The maximum Gasteiger partial charge on any atom is 0.191 e. The van der Waals surface area contributed by atoms with Crippen LogP contribution in [0, 0.1) is 18.3 Å². The molecule has 0 aliphatic carbocycles. The molecule has 1 atom stereocenters. The van der Waals surface area contributed by atoms with Gasteiger partial charge in [-0.1, -0.05) is 31.2 Å². The number of nitrogens with one attached hydrogen (secondary N) is 2. The van der Waals surface area contributed by atoms with E-state index in [-0.39, 0.29) is 6.10 Å². The molecule has 0 radical (unpaired) electrons. The fourth-order valence-electron chi connectivity index (χ4n) is 2.50. The van der Waals surface area contributed by atoms with Crippen LogP contribution in [0.3, 0.4) is 0 Å². The molecule has 0 aliphatic rings. The second-order valence-electron chi connectivity index (χ2n) is 6.54. The van der Waals surface area contributed by atoms with Crippen LogP contribution in [0.2, 0.25) is 0 Å². The van der Waals surface area contributed by atoms with Gasteiger partial charge in [0.25, 0.3) is 0 Å². The Morgan fingerprint density at radius 3 is 2.48 bits per heavy atom. The molecule has 0 amide bonds. The quantitative estimate of drug-likeness (QED) is 0.577. The molecule has 2 aromatic carbocycles. The van der Waals surface area contributed by atoms with E-state index < -0.39 is 0 Å². The Morgan fingerprint density at radius 1 is 1.15 bits per heavy atom. The van der Waals surface area contributed by atoms with Crippen LogP contribution < -0.4 is 15.4 Å². The molecular weight excluding hydrogens is 336 g/mol. The molecule has 0 aromatic heterocycles. The molecule has 0 saturated carbocycles. The van der Waals surface area contributed by atoms with Gasteiger partial charge in [0.2, 0.25) is 0 Å². The molecular formula is C22H28N4O. The van der Waals surface area contributed by atoms with Crippen LogP contribution in [-0.2, 0) is 13.1 Å². The zero-order valence-corrected chi connectivity index (χ0v) is 16.5. The van der Waals surface area contributed by atoms with E-state index in [0.29, 0.717) is 18.7 Å². The van der Waals surface area contributed by atoms with Crippen LogP contribution in [0.25, 0.3) is 0 Å². The fraction of sp³-hybridized carbons (Fsp3) is 0.364. The summed E-state index contributed by atoms with van der Waals surface area (Å²) in [6.07, 6.45) is 1.15. The Hall–Kier alpha value is -3.00. The SMILES string of the molecule is CCC(C)Oc1cc(C)ccc1CNC(=NC)NCc1ccc(C#N)cc1. The summed E-state index contributed by atoms with van der Waals surface area (Å²) in [6.45, 7) is 7.53.